The smallest absolute Gasteiger partial charge is 0.147 e. The molecule has 0 aliphatic rings. The lowest BCUT2D eigenvalue weighted by Gasteiger charge is -2.25. The molecule has 100 valence electrons. The van der Waals surface area contributed by atoms with Gasteiger partial charge in [0.1, 0.15) is 11.4 Å². The summed E-state index contributed by atoms with van der Waals surface area (Å²) in [6.07, 6.45) is 0. The molecular weight excluding hydrogens is 309 g/mol. The Morgan fingerprint density at radius 1 is 1.21 bits per heavy atom. The van der Waals surface area contributed by atoms with Crippen LogP contribution >= 0.6 is 15.9 Å². The zero-order chi connectivity index (χ0) is 13.9. The molecule has 2 aromatic rings. The molecular formula is C15H15BrFNO. The molecule has 2 nitrogen and oxygen atoms in total. The average Bonchev–Trinajstić information content (AvgIpc) is 2.39. The molecule has 2 aromatic carbocycles. The summed E-state index contributed by atoms with van der Waals surface area (Å²) in [5.74, 6) is -0.349. The van der Waals surface area contributed by atoms with Gasteiger partial charge in [0.2, 0.25) is 0 Å². The number of anilines is 1. The largest absolute Gasteiger partial charge is 0.384 e. The molecule has 0 heterocycles. The first-order chi connectivity index (χ1) is 8.99. The zero-order valence-electron chi connectivity index (χ0n) is 10.5. The maximum Gasteiger partial charge on any atom is 0.147 e. The van der Waals surface area contributed by atoms with E-state index in [-0.39, 0.29) is 12.4 Å². The van der Waals surface area contributed by atoms with Gasteiger partial charge in [-0.15, -0.1) is 0 Å². The third-order valence-electron chi connectivity index (χ3n) is 2.95. The van der Waals surface area contributed by atoms with Crippen LogP contribution in [0.25, 0.3) is 0 Å². The molecule has 0 aromatic heterocycles. The van der Waals surface area contributed by atoms with Gasteiger partial charge in [-0.1, -0.05) is 46.3 Å². The van der Waals surface area contributed by atoms with Crippen molar-refractivity contribution < 1.29 is 9.50 Å². The Bertz CT molecular complexity index is 557. The van der Waals surface area contributed by atoms with Gasteiger partial charge >= 0.3 is 0 Å². The molecule has 4 heteroatoms. The highest BCUT2D eigenvalue weighted by atomic mass is 79.9. The Morgan fingerprint density at radius 2 is 1.89 bits per heavy atom. The molecule has 0 spiro atoms. The highest BCUT2D eigenvalue weighted by Crippen LogP contribution is 2.23. The van der Waals surface area contributed by atoms with Crippen LogP contribution in [0.3, 0.4) is 0 Å². The van der Waals surface area contributed by atoms with Gasteiger partial charge in [0.05, 0.1) is 5.69 Å². The van der Waals surface area contributed by atoms with E-state index >= 15 is 0 Å². The average molecular weight is 324 g/mol. The van der Waals surface area contributed by atoms with Crippen LogP contribution in [0.4, 0.5) is 10.1 Å². The lowest BCUT2D eigenvalue weighted by molar-refractivity contribution is 0.0715. The van der Waals surface area contributed by atoms with E-state index in [4.69, 9.17) is 0 Å². The van der Waals surface area contributed by atoms with Crippen molar-refractivity contribution in [2.75, 3.05) is 11.9 Å². The van der Waals surface area contributed by atoms with Crippen LogP contribution in [0.15, 0.2) is 53.0 Å². The molecule has 0 amide bonds. The Hall–Kier alpha value is -1.39. The first-order valence-electron chi connectivity index (χ1n) is 5.96. The lowest BCUT2D eigenvalue weighted by atomic mass is 9.96. The van der Waals surface area contributed by atoms with Gasteiger partial charge < -0.3 is 10.4 Å². The summed E-state index contributed by atoms with van der Waals surface area (Å²) < 4.78 is 14.3. The molecule has 0 aliphatic heterocycles. The van der Waals surface area contributed by atoms with Crippen molar-refractivity contribution >= 4 is 21.6 Å². The summed E-state index contributed by atoms with van der Waals surface area (Å²) in [7, 11) is 0. The van der Waals surface area contributed by atoms with Crippen molar-refractivity contribution in [2.45, 2.75) is 12.5 Å². The van der Waals surface area contributed by atoms with E-state index in [2.05, 4.69) is 21.2 Å². The van der Waals surface area contributed by atoms with E-state index in [1.165, 1.54) is 6.07 Å². The normalized spacial score (nSPS) is 13.9. The van der Waals surface area contributed by atoms with Gasteiger partial charge in [-0.25, -0.2) is 4.39 Å². The highest BCUT2D eigenvalue weighted by molar-refractivity contribution is 9.10. The first-order valence-corrected chi connectivity index (χ1v) is 6.75. The van der Waals surface area contributed by atoms with Crippen LogP contribution in [0.5, 0.6) is 0 Å². The summed E-state index contributed by atoms with van der Waals surface area (Å²) in [6.45, 7) is 1.93. The van der Waals surface area contributed by atoms with Crippen molar-refractivity contribution in [3.63, 3.8) is 0 Å². The topological polar surface area (TPSA) is 32.3 Å². The number of benzene rings is 2. The first kappa shape index (κ1) is 14.0. The predicted octanol–water partition coefficient (Wildman–Crippen LogP) is 3.91. The van der Waals surface area contributed by atoms with E-state index in [1.54, 1.807) is 19.1 Å². The summed E-state index contributed by atoms with van der Waals surface area (Å²) in [6, 6.07) is 14.1. The summed E-state index contributed by atoms with van der Waals surface area (Å²) in [5.41, 5.74) is 0.111. The Kier molecular flexibility index (Phi) is 4.22. The van der Waals surface area contributed by atoms with Crippen LogP contribution in [-0.2, 0) is 5.60 Å². The summed E-state index contributed by atoms with van der Waals surface area (Å²) in [5, 5.41) is 13.3. The third kappa shape index (κ3) is 3.55. The monoisotopic (exact) mass is 323 g/mol. The number of halogens is 2. The van der Waals surface area contributed by atoms with E-state index in [0.29, 0.717) is 10.2 Å². The Labute approximate surface area is 120 Å². The maximum absolute atomic E-state index is 13.7. The van der Waals surface area contributed by atoms with Gasteiger partial charge in [0.25, 0.3) is 0 Å². The van der Waals surface area contributed by atoms with E-state index < -0.39 is 5.60 Å². The minimum absolute atomic E-state index is 0.232. The molecule has 0 fully saturated rings. The minimum Gasteiger partial charge on any atom is -0.384 e. The highest BCUT2D eigenvalue weighted by Gasteiger charge is 2.22. The van der Waals surface area contributed by atoms with E-state index in [9.17, 15) is 9.50 Å². The fourth-order valence-corrected chi connectivity index (χ4v) is 2.13. The van der Waals surface area contributed by atoms with Crippen molar-refractivity contribution in [3.8, 4) is 0 Å². The number of nitrogens with one attached hydrogen (secondary N) is 1. The van der Waals surface area contributed by atoms with Crippen LogP contribution in [0.1, 0.15) is 12.5 Å². The maximum atomic E-state index is 13.7. The van der Waals surface area contributed by atoms with Gasteiger partial charge in [0.15, 0.2) is 0 Å². The van der Waals surface area contributed by atoms with Crippen LogP contribution in [0, 0.1) is 5.82 Å². The SMILES string of the molecule is CC(O)(CNc1ccc(Br)cc1F)c1ccccc1. The minimum atomic E-state index is -1.05. The van der Waals surface area contributed by atoms with Crippen LogP contribution in [-0.4, -0.2) is 11.7 Å². The third-order valence-corrected chi connectivity index (χ3v) is 3.44. The number of rotatable bonds is 4. The molecule has 19 heavy (non-hydrogen) atoms. The van der Waals surface area contributed by atoms with E-state index in [0.717, 1.165) is 5.56 Å². The molecule has 0 bridgehead atoms. The predicted molar refractivity (Wildman–Crippen MR) is 78.6 cm³/mol. The fraction of sp³-hybridized carbons (Fsp3) is 0.200. The quantitative estimate of drug-likeness (QED) is 0.894. The van der Waals surface area contributed by atoms with Crippen molar-refractivity contribution in [3.05, 3.63) is 64.4 Å². The summed E-state index contributed by atoms with van der Waals surface area (Å²) >= 11 is 3.21. The number of hydrogen-bond acceptors (Lipinski definition) is 2. The Balaban J connectivity index is 2.09. The standard InChI is InChI=1S/C15H15BrFNO/c1-15(19,11-5-3-2-4-6-11)10-18-14-8-7-12(16)9-13(14)17/h2-9,18-19H,10H2,1H3. The summed E-state index contributed by atoms with van der Waals surface area (Å²) in [4.78, 5) is 0. The van der Waals surface area contributed by atoms with Crippen molar-refractivity contribution in [1.29, 1.82) is 0 Å². The zero-order valence-corrected chi connectivity index (χ0v) is 12.1. The molecule has 2 rings (SSSR count). The number of aliphatic hydroxyl groups is 1. The second kappa shape index (κ2) is 5.72. The second-order valence-corrected chi connectivity index (χ2v) is 5.53. The molecule has 0 saturated carbocycles. The van der Waals surface area contributed by atoms with Crippen LogP contribution < -0.4 is 5.32 Å². The molecule has 1 unspecified atom stereocenters. The van der Waals surface area contributed by atoms with Gasteiger partial charge in [-0.3, -0.25) is 0 Å². The molecule has 1 atom stereocenters. The van der Waals surface area contributed by atoms with Crippen LogP contribution in [0.2, 0.25) is 0 Å². The van der Waals surface area contributed by atoms with Crippen molar-refractivity contribution in [2.24, 2.45) is 0 Å². The Morgan fingerprint density at radius 3 is 2.53 bits per heavy atom. The molecule has 2 N–H and O–H groups in total. The molecule has 0 saturated heterocycles. The van der Waals surface area contributed by atoms with Gasteiger partial charge in [-0.05, 0) is 30.7 Å². The van der Waals surface area contributed by atoms with Crippen molar-refractivity contribution in [1.82, 2.24) is 0 Å². The lowest BCUT2D eigenvalue weighted by Crippen LogP contribution is -2.30. The fourth-order valence-electron chi connectivity index (χ4n) is 1.80. The van der Waals surface area contributed by atoms with Gasteiger partial charge in [0, 0.05) is 11.0 Å². The molecule has 0 radical (unpaired) electrons. The van der Waals surface area contributed by atoms with Gasteiger partial charge in [-0.2, -0.15) is 0 Å². The molecule has 0 aliphatic carbocycles. The van der Waals surface area contributed by atoms with E-state index in [1.807, 2.05) is 30.3 Å². The number of hydrogen-bond donors (Lipinski definition) is 2. The second-order valence-electron chi connectivity index (χ2n) is 4.62.